The molecule has 0 aliphatic heterocycles. The summed E-state index contributed by atoms with van der Waals surface area (Å²) < 4.78 is 8.25. The van der Waals surface area contributed by atoms with Crippen LogP contribution in [0.2, 0.25) is 0 Å². The van der Waals surface area contributed by atoms with Crippen LogP contribution in [0.3, 0.4) is 0 Å². The minimum absolute atomic E-state index is 0. The summed E-state index contributed by atoms with van der Waals surface area (Å²) in [5.74, 6) is 0. The molecule has 0 fully saturated rings. The molecule has 0 saturated carbocycles. The zero-order valence-electron chi connectivity index (χ0n) is 1.36. The van der Waals surface area contributed by atoms with Crippen molar-refractivity contribution in [2.75, 3.05) is 0 Å². The quantitative estimate of drug-likeness (QED) is 0.430. The first kappa shape index (κ1) is 17.1. The van der Waals surface area contributed by atoms with Crippen molar-refractivity contribution in [2.45, 2.75) is 0 Å². The second kappa shape index (κ2) is 21.5. The van der Waals surface area contributed by atoms with E-state index < -0.39 is 0 Å². The van der Waals surface area contributed by atoms with Crippen LogP contribution in [0.15, 0.2) is 0 Å². The molecule has 0 saturated heterocycles. The van der Waals surface area contributed by atoms with Crippen molar-refractivity contribution in [3.05, 3.63) is 0 Å². The van der Waals surface area contributed by atoms with Crippen molar-refractivity contribution in [2.24, 2.45) is 0 Å². The zero-order chi connectivity index (χ0) is 2.00. The van der Waals surface area contributed by atoms with Crippen LogP contribution in [-0.4, -0.2) is 17.4 Å². The molecular weight excluding hydrogens is 184 g/mol. The van der Waals surface area contributed by atoms with Gasteiger partial charge in [0.1, 0.15) is 0 Å². The van der Waals surface area contributed by atoms with E-state index in [2.05, 4.69) is 0 Å². The van der Waals surface area contributed by atoms with Gasteiger partial charge in [-0.1, -0.05) is 0 Å². The summed E-state index contributed by atoms with van der Waals surface area (Å²) in [5, 5.41) is 0. The van der Waals surface area contributed by atoms with E-state index in [0.717, 1.165) is 20.4 Å². The van der Waals surface area contributed by atoms with Crippen molar-refractivity contribution in [3.8, 4) is 0 Å². The SMILES string of the molecule is [AlH3].[Nb].[O]=[Ti]. The summed E-state index contributed by atoms with van der Waals surface area (Å²) in [6.45, 7) is 0. The van der Waals surface area contributed by atoms with E-state index in [1.54, 1.807) is 0 Å². The van der Waals surface area contributed by atoms with Crippen molar-refractivity contribution in [3.63, 3.8) is 0 Å². The Morgan fingerprint density at radius 1 is 1.25 bits per heavy atom. The molecule has 1 nitrogen and oxygen atoms in total. The molecule has 0 amide bonds. The zero-order valence-corrected chi connectivity index (χ0v) is 5.12. The summed E-state index contributed by atoms with van der Waals surface area (Å²) >= 11 is 0.750. The van der Waals surface area contributed by atoms with Crippen LogP contribution in [0.4, 0.5) is 0 Å². The number of rotatable bonds is 0. The Kier molecular flexibility index (Phi) is 91.8. The summed E-state index contributed by atoms with van der Waals surface area (Å²) in [5.41, 5.74) is 0. The number of hydrogen-bond donors (Lipinski definition) is 0. The third-order valence-electron chi connectivity index (χ3n) is 0. The minimum atomic E-state index is 0. The molecule has 1 radical (unpaired) electrons. The summed E-state index contributed by atoms with van der Waals surface area (Å²) in [4.78, 5) is 0. The topological polar surface area (TPSA) is 17.1 Å². The first-order valence-corrected chi connectivity index (χ1v) is 0.842. The summed E-state index contributed by atoms with van der Waals surface area (Å²) in [6, 6.07) is 0. The Balaban J connectivity index is -0.00000000500. The molecule has 0 spiro atoms. The molecule has 0 aliphatic rings. The Morgan fingerprint density at radius 2 is 1.25 bits per heavy atom. The van der Waals surface area contributed by atoms with Crippen LogP contribution in [0, 0.1) is 0 Å². The molecular formula is H3AlNbOTi. The maximum absolute atomic E-state index is 8.25. The third-order valence-corrected chi connectivity index (χ3v) is 0. The molecule has 21 valence electrons. The van der Waals surface area contributed by atoms with E-state index in [1.807, 2.05) is 0 Å². The van der Waals surface area contributed by atoms with Gasteiger partial charge in [-0.2, -0.15) is 0 Å². The fourth-order valence-electron chi connectivity index (χ4n) is 0. The summed E-state index contributed by atoms with van der Waals surface area (Å²) in [7, 11) is 0. The average Bonchev–Trinajstić information content (AvgIpc) is 1.00. The molecule has 0 aromatic rings. The second-order valence-corrected chi connectivity index (χ2v) is 0. The molecule has 0 unspecified atom stereocenters. The molecule has 4 heavy (non-hydrogen) atoms. The van der Waals surface area contributed by atoms with Crippen molar-refractivity contribution in [1.82, 2.24) is 0 Å². The standard InChI is InChI=1S/Al.Nb.O.Ti.3H. The molecule has 0 rings (SSSR count). The maximum atomic E-state index is 8.25. The van der Waals surface area contributed by atoms with Gasteiger partial charge in [0, 0.05) is 22.4 Å². The molecule has 0 heterocycles. The first-order chi connectivity index (χ1) is 1.00. The molecule has 0 aromatic heterocycles. The monoisotopic (exact) mass is 187 g/mol. The van der Waals surface area contributed by atoms with Gasteiger partial charge in [-0.25, -0.2) is 0 Å². The van der Waals surface area contributed by atoms with Crippen molar-refractivity contribution in [1.29, 1.82) is 0 Å². The Morgan fingerprint density at radius 3 is 1.25 bits per heavy atom. The predicted molar refractivity (Wildman–Crippen MR) is 10.6 cm³/mol. The molecule has 0 atom stereocenters. The van der Waals surface area contributed by atoms with E-state index in [4.69, 9.17) is 3.32 Å². The fourth-order valence-corrected chi connectivity index (χ4v) is 0. The van der Waals surface area contributed by atoms with Crippen LogP contribution < -0.4 is 0 Å². The number of hydrogen-bond acceptors (Lipinski definition) is 1. The molecule has 0 N–H and O–H groups in total. The van der Waals surface area contributed by atoms with E-state index in [1.165, 1.54) is 0 Å². The molecule has 0 bridgehead atoms. The van der Waals surface area contributed by atoms with Gasteiger partial charge in [0.15, 0.2) is 17.4 Å². The molecule has 4 heteroatoms. The van der Waals surface area contributed by atoms with Crippen LogP contribution in [-0.2, 0) is 46.1 Å². The van der Waals surface area contributed by atoms with Gasteiger partial charge in [0.2, 0.25) is 0 Å². The van der Waals surface area contributed by atoms with Gasteiger partial charge < -0.3 is 0 Å². The van der Waals surface area contributed by atoms with E-state index in [0.29, 0.717) is 0 Å². The van der Waals surface area contributed by atoms with Crippen molar-refractivity contribution >= 4 is 17.4 Å². The Labute approximate surface area is 62.9 Å². The van der Waals surface area contributed by atoms with Gasteiger partial charge in [0.25, 0.3) is 0 Å². The molecule has 0 aromatic carbocycles. The van der Waals surface area contributed by atoms with Gasteiger partial charge in [-0.15, -0.1) is 0 Å². The average molecular weight is 187 g/mol. The predicted octanol–water partition coefficient (Wildman–Crippen LogP) is -1.31. The van der Waals surface area contributed by atoms with E-state index >= 15 is 0 Å². The Bertz CT molecular complexity index is 8.00. The normalized spacial score (nSPS) is 0.750. The van der Waals surface area contributed by atoms with Gasteiger partial charge in [-0.3, -0.25) is 0 Å². The van der Waals surface area contributed by atoms with Crippen molar-refractivity contribution < 1.29 is 46.1 Å². The molecule has 0 aliphatic carbocycles. The van der Waals surface area contributed by atoms with Gasteiger partial charge in [-0.05, 0) is 0 Å². The second-order valence-electron chi connectivity index (χ2n) is 0. The van der Waals surface area contributed by atoms with Gasteiger partial charge >= 0.3 is 23.7 Å². The van der Waals surface area contributed by atoms with Crippen LogP contribution in [0.25, 0.3) is 0 Å². The fraction of sp³-hybridized carbons (Fsp3) is 0. The van der Waals surface area contributed by atoms with Crippen LogP contribution >= 0.6 is 0 Å². The first-order valence-electron chi connectivity index (χ1n) is 0.204. The van der Waals surface area contributed by atoms with Crippen LogP contribution in [0.5, 0.6) is 0 Å². The summed E-state index contributed by atoms with van der Waals surface area (Å²) in [6.07, 6.45) is 0. The third kappa shape index (κ3) is 9.21. The Hall–Kier alpha value is 1.79. The van der Waals surface area contributed by atoms with Gasteiger partial charge in [0.05, 0.1) is 0 Å². The van der Waals surface area contributed by atoms with Crippen LogP contribution in [0.1, 0.15) is 0 Å². The van der Waals surface area contributed by atoms with E-state index in [9.17, 15) is 0 Å². The van der Waals surface area contributed by atoms with E-state index in [-0.39, 0.29) is 39.7 Å².